The summed E-state index contributed by atoms with van der Waals surface area (Å²) in [5, 5.41) is 0. The smallest absolute Gasteiger partial charge is 0.147 e. The Balaban J connectivity index is 2.60. The van der Waals surface area contributed by atoms with Gasteiger partial charge in [-0.1, -0.05) is 26.3 Å². The lowest BCUT2D eigenvalue weighted by Gasteiger charge is -2.23. The number of rotatable bonds is 7. The van der Waals surface area contributed by atoms with Crippen LogP contribution in [0.5, 0.6) is 5.75 Å². The van der Waals surface area contributed by atoms with Gasteiger partial charge in [0.25, 0.3) is 0 Å². The Hall–Kier alpha value is -1.22. The van der Waals surface area contributed by atoms with Crippen LogP contribution in [-0.4, -0.2) is 22.0 Å². The number of hydrogen-bond acceptors (Lipinski definition) is 2. The van der Waals surface area contributed by atoms with E-state index in [0.717, 1.165) is 35.4 Å². The highest BCUT2D eigenvalue weighted by molar-refractivity contribution is 6.17. The molecule has 0 fully saturated rings. The highest BCUT2D eigenvalue weighted by atomic mass is 35.5. The molecule has 0 spiro atoms. The number of imidazole rings is 1. The molecule has 0 aliphatic heterocycles. The second-order valence-corrected chi connectivity index (χ2v) is 5.90. The summed E-state index contributed by atoms with van der Waals surface area (Å²) in [5.74, 6) is 3.09. The topological polar surface area (TPSA) is 27.1 Å². The summed E-state index contributed by atoms with van der Waals surface area (Å²) < 4.78 is 8.06. The van der Waals surface area contributed by atoms with E-state index in [9.17, 15) is 0 Å². The average Bonchev–Trinajstić information content (AvgIpc) is 2.85. The molecule has 0 aliphatic carbocycles. The molecule has 1 heterocycles. The fourth-order valence-corrected chi connectivity index (χ4v) is 2.89. The van der Waals surface area contributed by atoms with Crippen LogP contribution in [0.25, 0.3) is 11.0 Å². The van der Waals surface area contributed by atoms with Crippen LogP contribution in [0, 0.1) is 5.92 Å². The molecule has 4 heteroatoms. The molecule has 0 bridgehead atoms. The average molecular weight is 309 g/mol. The first-order valence-electron chi connectivity index (χ1n) is 7.82. The number of hydrogen-bond donors (Lipinski definition) is 0. The summed E-state index contributed by atoms with van der Waals surface area (Å²) in [7, 11) is 0. The van der Waals surface area contributed by atoms with Crippen molar-refractivity contribution in [1.82, 2.24) is 9.55 Å². The van der Waals surface area contributed by atoms with Gasteiger partial charge in [-0.3, -0.25) is 0 Å². The molecule has 21 heavy (non-hydrogen) atoms. The van der Waals surface area contributed by atoms with Gasteiger partial charge >= 0.3 is 0 Å². The number of nitrogens with zero attached hydrogens (tertiary/aromatic N) is 2. The first-order chi connectivity index (χ1) is 10.1. The summed E-state index contributed by atoms with van der Waals surface area (Å²) in [6.45, 7) is 9.43. The Morgan fingerprint density at radius 2 is 2.05 bits per heavy atom. The molecule has 0 N–H and O–H groups in total. The minimum absolute atomic E-state index is 0.398. The van der Waals surface area contributed by atoms with Crippen molar-refractivity contribution in [3.8, 4) is 5.75 Å². The van der Waals surface area contributed by atoms with Gasteiger partial charge in [-0.25, -0.2) is 4.98 Å². The van der Waals surface area contributed by atoms with Crippen molar-refractivity contribution in [2.75, 3.05) is 12.5 Å². The Bertz CT molecular complexity index is 594. The van der Waals surface area contributed by atoms with Crippen molar-refractivity contribution in [3.05, 3.63) is 24.0 Å². The predicted molar refractivity (Wildman–Crippen MR) is 89.5 cm³/mol. The van der Waals surface area contributed by atoms with Gasteiger partial charge in [0, 0.05) is 18.3 Å². The van der Waals surface area contributed by atoms with E-state index in [-0.39, 0.29) is 0 Å². The third kappa shape index (κ3) is 3.18. The molecule has 2 unspecified atom stereocenters. The molecule has 0 saturated carbocycles. The first-order valence-corrected chi connectivity index (χ1v) is 8.36. The second-order valence-electron chi connectivity index (χ2n) is 5.52. The molecule has 1 aromatic carbocycles. The monoisotopic (exact) mass is 308 g/mol. The lowest BCUT2D eigenvalue weighted by molar-refractivity contribution is 0.343. The Morgan fingerprint density at radius 3 is 2.67 bits per heavy atom. The highest BCUT2D eigenvalue weighted by Gasteiger charge is 2.21. The van der Waals surface area contributed by atoms with Crippen molar-refractivity contribution in [2.45, 2.75) is 46.6 Å². The van der Waals surface area contributed by atoms with Gasteiger partial charge in [0.1, 0.15) is 17.1 Å². The summed E-state index contributed by atoms with van der Waals surface area (Å²) in [4.78, 5) is 4.81. The van der Waals surface area contributed by atoms with E-state index in [1.807, 2.05) is 19.1 Å². The van der Waals surface area contributed by atoms with Crippen molar-refractivity contribution in [3.63, 3.8) is 0 Å². The number of halogens is 1. The van der Waals surface area contributed by atoms with Gasteiger partial charge in [-0.2, -0.15) is 0 Å². The maximum atomic E-state index is 5.97. The summed E-state index contributed by atoms with van der Waals surface area (Å²) in [5.41, 5.74) is 2.10. The molecule has 0 amide bonds. The van der Waals surface area contributed by atoms with E-state index < -0.39 is 0 Å². The largest absolute Gasteiger partial charge is 0.492 e. The number of ether oxygens (including phenoxy) is 1. The van der Waals surface area contributed by atoms with Crippen LogP contribution in [0.3, 0.4) is 0 Å². The van der Waals surface area contributed by atoms with E-state index in [0.29, 0.717) is 24.4 Å². The van der Waals surface area contributed by atoms with E-state index in [1.165, 1.54) is 0 Å². The van der Waals surface area contributed by atoms with Crippen LogP contribution in [-0.2, 0) is 6.42 Å². The molecular formula is C17H25ClN2O. The lowest BCUT2D eigenvalue weighted by Crippen LogP contribution is -2.16. The van der Waals surface area contributed by atoms with Gasteiger partial charge in [0.2, 0.25) is 0 Å². The van der Waals surface area contributed by atoms with Gasteiger partial charge in [-0.15, -0.1) is 11.6 Å². The SMILES string of the molecule is CCOc1cccc2c1nc(CCCl)n2C(C)C(C)CC. The summed E-state index contributed by atoms with van der Waals surface area (Å²) in [6, 6.07) is 6.55. The number of aryl methyl sites for hydroxylation is 1. The second kappa shape index (κ2) is 7.17. The third-order valence-electron chi connectivity index (χ3n) is 4.25. The fourth-order valence-electron chi connectivity index (χ4n) is 2.72. The molecule has 0 saturated heterocycles. The van der Waals surface area contributed by atoms with Gasteiger partial charge in [0.15, 0.2) is 0 Å². The first kappa shape index (κ1) is 16.2. The highest BCUT2D eigenvalue weighted by Crippen LogP contribution is 2.32. The van der Waals surface area contributed by atoms with Crippen LogP contribution < -0.4 is 4.74 Å². The van der Waals surface area contributed by atoms with Crippen LogP contribution in [0.15, 0.2) is 18.2 Å². The van der Waals surface area contributed by atoms with Crippen LogP contribution in [0.4, 0.5) is 0 Å². The number of para-hydroxylation sites is 1. The maximum absolute atomic E-state index is 5.97. The van der Waals surface area contributed by atoms with E-state index in [1.54, 1.807) is 0 Å². The zero-order valence-corrected chi connectivity index (χ0v) is 14.2. The Kier molecular flexibility index (Phi) is 5.51. The maximum Gasteiger partial charge on any atom is 0.147 e. The Labute approximate surface area is 132 Å². The van der Waals surface area contributed by atoms with E-state index >= 15 is 0 Å². The molecule has 0 radical (unpaired) electrons. The zero-order chi connectivity index (χ0) is 15.4. The molecule has 3 nitrogen and oxygen atoms in total. The van der Waals surface area contributed by atoms with Crippen molar-refractivity contribution < 1.29 is 4.74 Å². The van der Waals surface area contributed by atoms with Gasteiger partial charge in [-0.05, 0) is 31.9 Å². The number of alkyl halides is 1. The van der Waals surface area contributed by atoms with Crippen molar-refractivity contribution >= 4 is 22.6 Å². The number of fused-ring (bicyclic) bond motifs is 1. The van der Waals surface area contributed by atoms with Crippen molar-refractivity contribution in [1.29, 1.82) is 0 Å². The van der Waals surface area contributed by atoms with Crippen LogP contribution >= 0.6 is 11.6 Å². The van der Waals surface area contributed by atoms with Crippen molar-refractivity contribution in [2.24, 2.45) is 5.92 Å². The van der Waals surface area contributed by atoms with Crippen LogP contribution in [0.2, 0.25) is 0 Å². The minimum Gasteiger partial charge on any atom is -0.492 e. The van der Waals surface area contributed by atoms with Gasteiger partial charge in [0.05, 0.1) is 12.1 Å². The Morgan fingerprint density at radius 1 is 1.29 bits per heavy atom. The predicted octanol–water partition coefficient (Wildman–Crippen LogP) is 4.82. The third-order valence-corrected chi connectivity index (χ3v) is 4.44. The standard InChI is InChI=1S/C17H25ClN2O/c1-5-12(3)13(4)20-14-8-7-9-15(21-6-2)17(14)19-16(20)10-11-18/h7-9,12-13H,5-6,10-11H2,1-4H3. The quantitative estimate of drug-likeness (QED) is 0.685. The molecule has 116 valence electrons. The molecule has 2 atom stereocenters. The van der Waals surface area contributed by atoms with E-state index in [2.05, 4.69) is 31.4 Å². The molecule has 0 aliphatic rings. The number of aromatic nitrogens is 2. The van der Waals surface area contributed by atoms with Crippen LogP contribution in [0.1, 0.15) is 46.0 Å². The summed E-state index contributed by atoms with van der Waals surface area (Å²) >= 11 is 5.97. The van der Waals surface area contributed by atoms with Gasteiger partial charge < -0.3 is 9.30 Å². The lowest BCUT2D eigenvalue weighted by atomic mass is 10.0. The zero-order valence-electron chi connectivity index (χ0n) is 13.4. The molecule has 1 aromatic heterocycles. The van der Waals surface area contributed by atoms with E-state index in [4.69, 9.17) is 21.3 Å². The normalized spacial score (nSPS) is 14.3. The molecular weight excluding hydrogens is 284 g/mol. The molecule has 2 aromatic rings. The fraction of sp³-hybridized carbons (Fsp3) is 0.588. The number of benzene rings is 1. The minimum atomic E-state index is 0.398. The molecule has 2 rings (SSSR count). The summed E-state index contributed by atoms with van der Waals surface area (Å²) in [6.07, 6.45) is 1.93.